The maximum absolute atomic E-state index is 12.2. The molecule has 0 bridgehead atoms. The Labute approximate surface area is 161 Å². The summed E-state index contributed by atoms with van der Waals surface area (Å²) in [6.45, 7) is 8.97. The van der Waals surface area contributed by atoms with Gasteiger partial charge in [-0.1, -0.05) is 37.3 Å². The Hall–Kier alpha value is -2.37. The number of nitrogens with one attached hydrogen (secondary N) is 1. The number of carbonyl (C=O) groups is 1. The van der Waals surface area contributed by atoms with E-state index in [1.165, 1.54) is 0 Å². The molecular weight excluding hydrogens is 338 g/mol. The van der Waals surface area contributed by atoms with Crippen LogP contribution in [-0.4, -0.2) is 55.0 Å². The van der Waals surface area contributed by atoms with Crippen LogP contribution >= 0.6 is 0 Å². The number of piperazine rings is 1. The van der Waals surface area contributed by atoms with Gasteiger partial charge in [0.25, 0.3) is 0 Å². The fourth-order valence-corrected chi connectivity index (χ4v) is 3.19. The molecule has 0 aromatic heterocycles. The van der Waals surface area contributed by atoms with Crippen LogP contribution in [0.3, 0.4) is 0 Å². The van der Waals surface area contributed by atoms with Gasteiger partial charge < -0.3 is 19.9 Å². The number of likely N-dealkylation sites (N-methyl/N-ethyl adjacent to an activating group) is 1. The molecule has 2 aromatic carbocycles. The van der Waals surface area contributed by atoms with Crippen molar-refractivity contribution in [2.24, 2.45) is 0 Å². The zero-order chi connectivity index (χ0) is 18.9. The van der Waals surface area contributed by atoms with E-state index in [0.717, 1.165) is 56.3 Å². The highest BCUT2D eigenvalue weighted by molar-refractivity contribution is 5.90. The predicted molar refractivity (Wildman–Crippen MR) is 109 cm³/mol. The van der Waals surface area contributed by atoms with Gasteiger partial charge in [0.2, 0.25) is 5.91 Å². The Morgan fingerprint density at radius 3 is 2.30 bits per heavy atom. The van der Waals surface area contributed by atoms with Crippen molar-refractivity contribution in [2.75, 3.05) is 44.6 Å². The minimum absolute atomic E-state index is 0.0610. The number of nitrogens with zero attached hydrogens (tertiary/aromatic N) is 2. The number of ether oxygens (including phenoxy) is 1. The largest absolute Gasteiger partial charge is 0.489 e. The molecule has 0 spiro atoms. The Morgan fingerprint density at radius 2 is 1.63 bits per heavy atom. The topological polar surface area (TPSA) is 44.8 Å². The molecule has 0 atom stereocenters. The summed E-state index contributed by atoms with van der Waals surface area (Å²) in [7, 11) is 0. The van der Waals surface area contributed by atoms with Gasteiger partial charge in [0, 0.05) is 44.8 Å². The molecule has 1 aliphatic rings. The molecule has 1 N–H and O–H groups in total. The zero-order valence-corrected chi connectivity index (χ0v) is 16.1. The minimum Gasteiger partial charge on any atom is -0.489 e. The van der Waals surface area contributed by atoms with Crippen molar-refractivity contribution < 1.29 is 9.53 Å². The maximum Gasteiger partial charge on any atom is 0.225 e. The molecule has 5 heteroatoms. The standard InChI is InChI=1S/C22H29N3O2/c1-2-24-14-16-25(17-15-24)13-12-22(26)23-20-8-10-21(11-9-20)27-18-19-6-4-3-5-7-19/h3-11H,2,12-18H2,1H3,(H,23,26). The van der Waals surface area contributed by atoms with Crippen LogP contribution in [0.5, 0.6) is 5.75 Å². The summed E-state index contributed by atoms with van der Waals surface area (Å²) in [5.41, 5.74) is 1.94. The zero-order valence-electron chi connectivity index (χ0n) is 16.1. The molecule has 2 aromatic rings. The number of carbonyl (C=O) groups excluding carboxylic acids is 1. The van der Waals surface area contributed by atoms with Crippen LogP contribution in [0.15, 0.2) is 54.6 Å². The summed E-state index contributed by atoms with van der Waals surface area (Å²) >= 11 is 0. The van der Waals surface area contributed by atoms with E-state index in [2.05, 4.69) is 22.0 Å². The van der Waals surface area contributed by atoms with Crippen molar-refractivity contribution in [1.29, 1.82) is 0 Å². The summed E-state index contributed by atoms with van der Waals surface area (Å²) in [6.07, 6.45) is 0.526. The molecule has 0 saturated carbocycles. The van der Waals surface area contributed by atoms with E-state index >= 15 is 0 Å². The third kappa shape index (κ3) is 6.38. The average Bonchev–Trinajstić information content (AvgIpc) is 2.73. The van der Waals surface area contributed by atoms with Gasteiger partial charge in [0.05, 0.1) is 0 Å². The molecule has 0 aliphatic carbocycles. The minimum atomic E-state index is 0.0610. The maximum atomic E-state index is 12.2. The molecule has 27 heavy (non-hydrogen) atoms. The third-order valence-corrected chi connectivity index (χ3v) is 4.95. The summed E-state index contributed by atoms with van der Waals surface area (Å²) in [5.74, 6) is 0.858. The SMILES string of the molecule is CCN1CCN(CCC(=O)Nc2ccc(OCc3ccccc3)cc2)CC1. The lowest BCUT2D eigenvalue weighted by atomic mass is 10.2. The number of rotatable bonds is 8. The summed E-state index contributed by atoms with van der Waals surface area (Å²) in [5, 5.41) is 2.97. The van der Waals surface area contributed by atoms with E-state index in [1.54, 1.807) is 0 Å². The van der Waals surface area contributed by atoms with Gasteiger partial charge >= 0.3 is 0 Å². The van der Waals surface area contributed by atoms with E-state index in [-0.39, 0.29) is 5.91 Å². The van der Waals surface area contributed by atoms with Gasteiger partial charge in [0.15, 0.2) is 0 Å². The number of benzene rings is 2. The van der Waals surface area contributed by atoms with E-state index < -0.39 is 0 Å². The van der Waals surface area contributed by atoms with Gasteiger partial charge in [0.1, 0.15) is 12.4 Å². The lowest BCUT2D eigenvalue weighted by Gasteiger charge is -2.33. The van der Waals surface area contributed by atoms with Crippen molar-refractivity contribution in [3.05, 3.63) is 60.2 Å². The van der Waals surface area contributed by atoms with E-state index in [1.807, 2.05) is 54.6 Å². The van der Waals surface area contributed by atoms with E-state index in [0.29, 0.717) is 13.0 Å². The van der Waals surface area contributed by atoms with Gasteiger partial charge in [-0.2, -0.15) is 0 Å². The van der Waals surface area contributed by atoms with Crippen LogP contribution in [0.1, 0.15) is 18.9 Å². The van der Waals surface area contributed by atoms with Crippen LogP contribution in [0.2, 0.25) is 0 Å². The highest BCUT2D eigenvalue weighted by atomic mass is 16.5. The van der Waals surface area contributed by atoms with Gasteiger partial charge in [-0.15, -0.1) is 0 Å². The molecule has 3 rings (SSSR count). The molecule has 1 heterocycles. The molecule has 1 fully saturated rings. The Kier molecular flexibility index (Phi) is 7.25. The quantitative estimate of drug-likeness (QED) is 0.778. The summed E-state index contributed by atoms with van der Waals surface area (Å²) in [6, 6.07) is 17.6. The average molecular weight is 367 g/mol. The fraction of sp³-hybridized carbons (Fsp3) is 0.409. The first-order valence-corrected chi connectivity index (χ1v) is 9.74. The Morgan fingerprint density at radius 1 is 0.963 bits per heavy atom. The third-order valence-electron chi connectivity index (χ3n) is 4.95. The van der Waals surface area contributed by atoms with Crippen molar-refractivity contribution in [3.8, 4) is 5.75 Å². The monoisotopic (exact) mass is 367 g/mol. The van der Waals surface area contributed by atoms with Crippen molar-refractivity contribution in [2.45, 2.75) is 20.0 Å². The molecule has 0 radical (unpaired) electrons. The molecular formula is C22H29N3O2. The van der Waals surface area contributed by atoms with Crippen LogP contribution in [0.4, 0.5) is 5.69 Å². The second-order valence-electron chi connectivity index (χ2n) is 6.87. The first-order valence-electron chi connectivity index (χ1n) is 9.74. The van der Waals surface area contributed by atoms with Gasteiger partial charge in [-0.25, -0.2) is 0 Å². The Balaban J connectivity index is 1.38. The van der Waals surface area contributed by atoms with E-state index in [4.69, 9.17) is 4.74 Å². The summed E-state index contributed by atoms with van der Waals surface area (Å²) < 4.78 is 5.77. The predicted octanol–water partition coefficient (Wildman–Crippen LogP) is 3.23. The second kappa shape index (κ2) is 10.1. The van der Waals surface area contributed by atoms with Crippen molar-refractivity contribution in [1.82, 2.24) is 9.80 Å². The van der Waals surface area contributed by atoms with E-state index in [9.17, 15) is 4.79 Å². The first-order chi connectivity index (χ1) is 13.2. The fourth-order valence-electron chi connectivity index (χ4n) is 3.19. The highest BCUT2D eigenvalue weighted by Crippen LogP contribution is 2.17. The van der Waals surface area contributed by atoms with Gasteiger partial charge in [-0.3, -0.25) is 4.79 Å². The van der Waals surface area contributed by atoms with Gasteiger partial charge in [-0.05, 0) is 36.4 Å². The van der Waals surface area contributed by atoms with Crippen LogP contribution in [-0.2, 0) is 11.4 Å². The first kappa shape index (κ1) is 19.4. The lowest BCUT2D eigenvalue weighted by molar-refractivity contribution is -0.116. The molecule has 5 nitrogen and oxygen atoms in total. The summed E-state index contributed by atoms with van der Waals surface area (Å²) in [4.78, 5) is 17.0. The number of hydrogen-bond acceptors (Lipinski definition) is 4. The second-order valence-corrected chi connectivity index (χ2v) is 6.87. The normalized spacial score (nSPS) is 15.4. The van der Waals surface area contributed by atoms with Crippen LogP contribution in [0, 0.1) is 0 Å². The molecule has 1 saturated heterocycles. The van der Waals surface area contributed by atoms with Crippen molar-refractivity contribution in [3.63, 3.8) is 0 Å². The van der Waals surface area contributed by atoms with Crippen LogP contribution < -0.4 is 10.1 Å². The molecule has 0 unspecified atom stereocenters. The smallest absolute Gasteiger partial charge is 0.225 e. The lowest BCUT2D eigenvalue weighted by Crippen LogP contribution is -2.46. The number of amides is 1. The Bertz CT molecular complexity index is 695. The number of anilines is 1. The van der Waals surface area contributed by atoms with Crippen LogP contribution in [0.25, 0.3) is 0 Å². The molecule has 144 valence electrons. The highest BCUT2D eigenvalue weighted by Gasteiger charge is 2.16. The number of hydrogen-bond donors (Lipinski definition) is 1. The van der Waals surface area contributed by atoms with Crippen molar-refractivity contribution >= 4 is 11.6 Å². The molecule has 1 amide bonds. The molecule has 1 aliphatic heterocycles.